The fourth-order valence-electron chi connectivity index (χ4n) is 2.47. The molecule has 2 heterocycles. The SMILES string of the molecule is CNC(Cc1cscn1)C(=O)N1CCCC1C(=O)OC. The van der Waals surface area contributed by atoms with Crippen molar-refractivity contribution in [2.45, 2.75) is 31.3 Å². The van der Waals surface area contributed by atoms with Crippen LogP contribution in [0.4, 0.5) is 0 Å². The molecule has 0 aliphatic carbocycles. The Kier molecular flexibility index (Phi) is 5.08. The largest absolute Gasteiger partial charge is 0.467 e. The number of likely N-dealkylation sites (N-methyl/N-ethyl adjacent to an activating group) is 1. The maximum Gasteiger partial charge on any atom is 0.328 e. The molecule has 1 aliphatic rings. The number of aromatic nitrogens is 1. The second kappa shape index (κ2) is 6.81. The normalized spacial score (nSPS) is 19.9. The number of likely N-dealkylation sites (tertiary alicyclic amines) is 1. The van der Waals surface area contributed by atoms with Crippen LogP contribution in [0.2, 0.25) is 0 Å². The van der Waals surface area contributed by atoms with Gasteiger partial charge in [-0.3, -0.25) is 4.79 Å². The highest BCUT2D eigenvalue weighted by Gasteiger charge is 2.37. The monoisotopic (exact) mass is 297 g/mol. The van der Waals surface area contributed by atoms with E-state index in [2.05, 4.69) is 10.3 Å². The van der Waals surface area contributed by atoms with Gasteiger partial charge in [0.05, 0.1) is 24.4 Å². The van der Waals surface area contributed by atoms with Gasteiger partial charge in [-0.1, -0.05) is 0 Å². The molecule has 1 aromatic rings. The summed E-state index contributed by atoms with van der Waals surface area (Å²) in [7, 11) is 3.10. The van der Waals surface area contributed by atoms with Gasteiger partial charge in [0, 0.05) is 18.3 Å². The van der Waals surface area contributed by atoms with Crippen LogP contribution in [-0.2, 0) is 20.7 Å². The van der Waals surface area contributed by atoms with Gasteiger partial charge in [-0.05, 0) is 19.9 Å². The van der Waals surface area contributed by atoms with Crippen molar-refractivity contribution in [2.24, 2.45) is 0 Å². The number of nitrogens with zero attached hydrogens (tertiary/aromatic N) is 2. The van der Waals surface area contributed by atoms with E-state index < -0.39 is 6.04 Å². The fourth-order valence-corrected chi connectivity index (χ4v) is 3.04. The van der Waals surface area contributed by atoms with E-state index in [-0.39, 0.29) is 17.9 Å². The molecule has 2 atom stereocenters. The van der Waals surface area contributed by atoms with Gasteiger partial charge in [0.1, 0.15) is 6.04 Å². The molecule has 1 aromatic heterocycles. The number of hydrogen-bond acceptors (Lipinski definition) is 6. The van der Waals surface area contributed by atoms with E-state index >= 15 is 0 Å². The molecule has 1 saturated heterocycles. The molecule has 6 nitrogen and oxygen atoms in total. The summed E-state index contributed by atoms with van der Waals surface area (Å²) in [6.07, 6.45) is 2.04. The molecule has 0 saturated carbocycles. The van der Waals surface area contributed by atoms with Crippen LogP contribution in [0.15, 0.2) is 10.9 Å². The van der Waals surface area contributed by atoms with Crippen LogP contribution in [0.3, 0.4) is 0 Å². The molecule has 1 fully saturated rings. The van der Waals surface area contributed by atoms with Crippen LogP contribution in [0.1, 0.15) is 18.5 Å². The van der Waals surface area contributed by atoms with E-state index in [0.717, 1.165) is 12.1 Å². The van der Waals surface area contributed by atoms with Crippen LogP contribution in [0.5, 0.6) is 0 Å². The van der Waals surface area contributed by atoms with Gasteiger partial charge in [0.15, 0.2) is 0 Å². The van der Waals surface area contributed by atoms with Crippen LogP contribution in [0, 0.1) is 0 Å². The van der Waals surface area contributed by atoms with Gasteiger partial charge < -0.3 is 15.0 Å². The Hall–Kier alpha value is -1.47. The van der Waals surface area contributed by atoms with Gasteiger partial charge in [0.25, 0.3) is 0 Å². The molecular formula is C13H19N3O3S. The Morgan fingerprint density at radius 1 is 1.65 bits per heavy atom. The minimum Gasteiger partial charge on any atom is -0.467 e. The molecule has 0 bridgehead atoms. The second-order valence-corrected chi connectivity index (χ2v) is 5.46. The van der Waals surface area contributed by atoms with Crippen molar-refractivity contribution in [1.82, 2.24) is 15.2 Å². The zero-order valence-corrected chi connectivity index (χ0v) is 12.5. The Morgan fingerprint density at radius 2 is 2.45 bits per heavy atom. The van der Waals surface area contributed by atoms with Crippen molar-refractivity contribution < 1.29 is 14.3 Å². The highest BCUT2D eigenvalue weighted by Crippen LogP contribution is 2.20. The van der Waals surface area contributed by atoms with Crippen LogP contribution in [0.25, 0.3) is 0 Å². The molecule has 0 aromatic carbocycles. The molecule has 7 heteroatoms. The summed E-state index contributed by atoms with van der Waals surface area (Å²) in [6, 6.07) is -0.804. The number of rotatable bonds is 5. The molecule has 110 valence electrons. The van der Waals surface area contributed by atoms with E-state index in [4.69, 9.17) is 4.74 Å². The maximum atomic E-state index is 12.6. The molecule has 1 aliphatic heterocycles. The van der Waals surface area contributed by atoms with Gasteiger partial charge >= 0.3 is 5.97 Å². The van der Waals surface area contributed by atoms with Crippen molar-refractivity contribution in [3.8, 4) is 0 Å². The number of ether oxygens (including phenoxy) is 1. The topological polar surface area (TPSA) is 71.5 Å². The number of hydrogen-bond donors (Lipinski definition) is 1. The predicted octanol–water partition coefficient (Wildman–Crippen LogP) is 0.438. The third-order valence-electron chi connectivity index (χ3n) is 3.55. The molecule has 0 radical (unpaired) electrons. The van der Waals surface area contributed by atoms with E-state index in [9.17, 15) is 9.59 Å². The summed E-state index contributed by atoms with van der Waals surface area (Å²) in [5.41, 5.74) is 2.64. The highest BCUT2D eigenvalue weighted by molar-refractivity contribution is 7.07. The Balaban J connectivity index is 2.05. The van der Waals surface area contributed by atoms with Crippen molar-refractivity contribution in [1.29, 1.82) is 0 Å². The van der Waals surface area contributed by atoms with Crippen molar-refractivity contribution >= 4 is 23.2 Å². The number of methoxy groups -OCH3 is 1. The van der Waals surface area contributed by atoms with Crippen LogP contribution >= 0.6 is 11.3 Å². The van der Waals surface area contributed by atoms with Crippen molar-refractivity contribution in [3.63, 3.8) is 0 Å². The Labute approximate surface area is 122 Å². The van der Waals surface area contributed by atoms with E-state index in [1.54, 1.807) is 17.5 Å². The molecule has 2 rings (SSSR count). The predicted molar refractivity (Wildman–Crippen MR) is 75.4 cm³/mol. The molecule has 2 unspecified atom stereocenters. The third kappa shape index (κ3) is 3.16. The Bertz CT molecular complexity index is 463. The van der Waals surface area contributed by atoms with Crippen LogP contribution < -0.4 is 5.32 Å². The lowest BCUT2D eigenvalue weighted by Gasteiger charge is -2.27. The average Bonchev–Trinajstić information content (AvgIpc) is 3.14. The summed E-state index contributed by atoms with van der Waals surface area (Å²) in [5, 5.41) is 4.95. The van der Waals surface area contributed by atoms with Gasteiger partial charge in [0.2, 0.25) is 5.91 Å². The molecule has 1 N–H and O–H groups in total. The smallest absolute Gasteiger partial charge is 0.328 e. The zero-order valence-electron chi connectivity index (χ0n) is 11.7. The lowest BCUT2D eigenvalue weighted by Crippen LogP contribution is -2.50. The number of nitrogens with one attached hydrogen (secondary N) is 1. The third-order valence-corrected chi connectivity index (χ3v) is 4.19. The first-order chi connectivity index (χ1) is 9.67. The lowest BCUT2D eigenvalue weighted by molar-refractivity contribution is -0.151. The Morgan fingerprint density at radius 3 is 3.05 bits per heavy atom. The number of esters is 1. The molecule has 0 spiro atoms. The van der Waals surface area contributed by atoms with E-state index in [0.29, 0.717) is 19.4 Å². The number of thiazole rings is 1. The summed E-state index contributed by atoms with van der Waals surface area (Å²) in [4.78, 5) is 30.1. The molecular weight excluding hydrogens is 278 g/mol. The first-order valence-corrected chi connectivity index (χ1v) is 7.54. The quantitative estimate of drug-likeness (QED) is 0.798. The zero-order chi connectivity index (χ0) is 14.5. The number of carbonyl (C=O) groups excluding carboxylic acids is 2. The average molecular weight is 297 g/mol. The fraction of sp³-hybridized carbons (Fsp3) is 0.615. The molecule has 1 amide bonds. The maximum absolute atomic E-state index is 12.6. The van der Waals surface area contributed by atoms with Crippen LogP contribution in [-0.4, -0.2) is 54.5 Å². The van der Waals surface area contributed by atoms with Gasteiger partial charge in [-0.25, -0.2) is 9.78 Å². The lowest BCUT2D eigenvalue weighted by atomic mass is 10.1. The van der Waals surface area contributed by atoms with Crippen molar-refractivity contribution in [3.05, 3.63) is 16.6 Å². The van der Waals surface area contributed by atoms with Gasteiger partial charge in [-0.15, -0.1) is 11.3 Å². The molecule has 20 heavy (non-hydrogen) atoms. The summed E-state index contributed by atoms with van der Waals surface area (Å²) < 4.78 is 4.77. The van der Waals surface area contributed by atoms with Crippen molar-refractivity contribution in [2.75, 3.05) is 20.7 Å². The highest BCUT2D eigenvalue weighted by atomic mass is 32.1. The van der Waals surface area contributed by atoms with E-state index in [1.807, 2.05) is 5.38 Å². The first kappa shape index (κ1) is 14.9. The number of amides is 1. The summed E-state index contributed by atoms with van der Waals surface area (Å²) in [6.45, 7) is 0.605. The summed E-state index contributed by atoms with van der Waals surface area (Å²) in [5.74, 6) is -0.396. The second-order valence-electron chi connectivity index (χ2n) is 4.74. The number of carbonyl (C=O) groups is 2. The standard InChI is InChI=1S/C13H19N3O3S/c1-14-10(6-9-7-20-8-15-9)12(17)16-5-3-4-11(16)13(18)19-2/h7-8,10-11,14H,3-6H2,1-2H3. The minimum absolute atomic E-state index is 0.0617. The first-order valence-electron chi connectivity index (χ1n) is 6.60. The van der Waals surface area contributed by atoms with E-state index in [1.165, 1.54) is 18.4 Å². The minimum atomic E-state index is -0.446. The summed E-state index contributed by atoms with van der Waals surface area (Å²) >= 11 is 1.51. The van der Waals surface area contributed by atoms with Gasteiger partial charge in [-0.2, -0.15) is 0 Å².